The Morgan fingerprint density at radius 3 is 2.47 bits per heavy atom. The van der Waals surface area contributed by atoms with Gasteiger partial charge in [-0.25, -0.2) is 28.1 Å². The van der Waals surface area contributed by atoms with Crippen LogP contribution in [0.25, 0.3) is 0 Å². The Hall–Kier alpha value is -4.69. The highest BCUT2D eigenvalue weighted by Gasteiger charge is 2.41. The average Bonchev–Trinajstić information content (AvgIpc) is 3.04. The molecule has 0 radical (unpaired) electrons. The number of halogens is 2. The highest BCUT2D eigenvalue weighted by atomic mass is 19.2. The first-order chi connectivity index (χ1) is 21.7. The van der Waals surface area contributed by atoms with Gasteiger partial charge < -0.3 is 41.0 Å². The molecule has 0 aliphatic carbocycles. The summed E-state index contributed by atoms with van der Waals surface area (Å²) in [5.41, 5.74) is 2.40. The van der Waals surface area contributed by atoms with Crippen molar-refractivity contribution in [2.45, 2.75) is 24.9 Å². The van der Waals surface area contributed by atoms with Gasteiger partial charge in [0.2, 0.25) is 0 Å². The molecule has 242 valence electrons. The number of nitrogens with zero attached hydrogens (tertiary/aromatic N) is 2. The van der Waals surface area contributed by atoms with Crippen molar-refractivity contribution in [3.63, 3.8) is 0 Å². The van der Waals surface area contributed by atoms with Gasteiger partial charge in [-0.1, -0.05) is 24.8 Å². The Labute approximate surface area is 260 Å². The number of anilines is 2. The van der Waals surface area contributed by atoms with E-state index < -0.39 is 29.7 Å². The minimum Gasteiger partial charge on any atom is -0.497 e. The number of urea groups is 3. The molecule has 1 atom stereocenters. The van der Waals surface area contributed by atoms with Crippen molar-refractivity contribution in [3.8, 4) is 0 Å². The van der Waals surface area contributed by atoms with Crippen molar-refractivity contribution >= 4 is 29.5 Å². The Bertz CT molecular complexity index is 1450. The molecule has 1 saturated heterocycles. The van der Waals surface area contributed by atoms with E-state index in [0.29, 0.717) is 6.54 Å². The van der Waals surface area contributed by atoms with E-state index in [1.807, 2.05) is 24.3 Å². The zero-order valence-corrected chi connectivity index (χ0v) is 25.5. The van der Waals surface area contributed by atoms with Gasteiger partial charge in [-0.15, -0.1) is 0 Å². The van der Waals surface area contributed by atoms with Crippen LogP contribution in [0.5, 0.6) is 0 Å². The van der Waals surface area contributed by atoms with Crippen molar-refractivity contribution in [1.82, 2.24) is 26.2 Å². The lowest BCUT2D eigenvalue weighted by atomic mass is 9.92. The number of imide groups is 1. The number of carbonyl (C=O) groups excluding carboxylic acids is 3. The number of hydrogen-bond donors (Lipinski definition) is 5. The summed E-state index contributed by atoms with van der Waals surface area (Å²) in [4.78, 5) is 41.6. The number of nitrogens with one attached hydrogen (secondary N) is 5. The summed E-state index contributed by atoms with van der Waals surface area (Å²) < 4.78 is 38.7. The molecule has 2 aromatic carbocycles. The van der Waals surface area contributed by atoms with Crippen LogP contribution in [0, 0.1) is 11.6 Å². The average molecular weight is 628 g/mol. The van der Waals surface area contributed by atoms with E-state index in [1.165, 1.54) is 20.3 Å². The van der Waals surface area contributed by atoms with Gasteiger partial charge >= 0.3 is 18.1 Å². The van der Waals surface area contributed by atoms with Gasteiger partial charge in [-0.05, 0) is 42.7 Å². The van der Waals surface area contributed by atoms with E-state index in [-0.39, 0.29) is 47.8 Å². The van der Waals surface area contributed by atoms with Crippen molar-refractivity contribution in [3.05, 3.63) is 83.3 Å². The summed E-state index contributed by atoms with van der Waals surface area (Å²) in [5.74, 6) is -2.07. The molecule has 0 saturated carbocycles. The van der Waals surface area contributed by atoms with Crippen LogP contribution >= 0.6 is 0 Å². The Morgan fingerprint density at radius 2 is 1.80 bits per heavy atom. The summed E-state index contributed by atoms with van der Waals surface area (Å²) in [5, 5.41) is 14.3. The van der Waals surface area contributed by atoms with Crippen LogP contribution in [-0.2, 0) is 9.47 Å². The SMILES string of the molecule is C=C(OC)C1=C(COC)NC(=O)N(C(=O)NCCNC2CCN(c3ccccc3NC(=O)NC)CC2)C1c1ccc(F)c(F)c1. The smallest absolute Gasteiger partial charge is 0.330 e. The molecular formula is C31H39F2N7O5. The molecule has 0 aromatic heterocycles. The Morgan fingerprint density at radius 1 is 1.07 bits per heavy atom. The van der Waals surface area contributed by atoms with E-state index in [2.05, 4.69) is 38.1 Å². The van der Waals surface area contributed by atoms with Crippen molar-refractivity contribution < 1.29 is 32.6 Å². The summed E-state index contributed by atoms with van der Waals surface area (Å²) in [7, 11) is 4.37. The molecule has 1 fully saturated rings. The van der Waals surface area contributed by atoms with Gasteiger partial charge in [0.25, 0.3) is 0 Å². The Kier molecular flexibility index (Phi) is 11.3. The second-order valence-electron chi connectivity index (χ2n) is 10.5. The summed E-state index contributed by atoms with van der Waals surface area (Å²) in [6.45, 7) is 6.00. The maximum Gasteiger partial charge on any atom is 0.330 e. The van der Waals surface area contributed by atoms with E-state index in [0.717, 1.165) is 54.3 Å². The first-order valence-electron chi connectivity index (χ1n) is 14.5. The fourth-order valence-corrected chi connectivity index (χ4v) is 5.46. The number of piperidine rings is 1. The van der Waals surface area contributed by atoms with Gasteiger partial charge in [0.05, 0.1) is 36.8 Å². The zero-order chi connectivity index (χ0) is 32.5. The van der Waals surface area contributed by atoms with Crippen molar-refractivity contribution in [2.24, 2.45) is 0 Å². The van der Waals surface area contributed by atoms with Crippen LogP contribution in [0.2, 0.25) is 0 Å². The molecule has 45 heavy (non-hydrogen) atoms. The molecule has 2 aromatic rings. The lowest BCUT2D eigenvalue weighted by Gasteiger charge is -2.38. The molecule has 12 nitrogen and oxygen atoms in total. The number of carbonyl (C=O) groups is 3. The van der Waals surface area contributed by atoms with Gasteiger partial charge in [0.1, 0.15) is 5.76 Å². The summed E-state index contributed by atoms with van der Waals surface area (Å²) in [6, 6.07) is 8.04. The third kappa shape index (κ3) is 7.88. The number of para-hydroxylation sites is 2. The maximum absolute atomic E-state index is 14.3. The van der Waals surface area contributed by atoms with Crippen molar-refractivity contribution in [2.75, 3.05) is 64.3 Å². The molecule has 2 aliphatic heterocycles. The molecule has 0 spiro atoms. The number of methoxy groups -OCH3 is 2. The summed E-state index contributed by atoms with van der Waals surface area (Å²) >= 11 is 0. The highest BCUT2D eigenvalue weighted by Crippen LogP contribution is 2.38. The van der Waals surface area contributed by atoms with E-state index in [1.54, 1.807) is 7.05 Å². The molecule has 2 heterocycles. The molecule has 6 amide bonds. The second-order valence-corrected chi connectivity index (χ2v) is 10.5. The van der Waals surface area contributed by atoms with Gasteiger partial charge in [-0.2, -0.15) is 0 Å². The number of ether oxygens (including phenoxy) is 2. The first kappa shape index (κ1) is 33.2. The second kappa shape index (κ2) is 15.3. The largest absolute Gasteiger partial charge is 0.497 e. The Balaban J connectivity index is 1.39. The third-order valence-electron chi connectivity index (χ3n) is 7.70. The summed E-state index contributed by atoms with van der Waals surface area (Å²) in [6.07, 6.45) is 1.68. The standard InChI is InChI=1S/C31H39F2N7O5/c1-19(45-4)27-25(18-44-3)38-31(43)40(28(27)20-9-10-22(32)23(33)17-20)30(42)36-14-13-35-21-11-15-39(16-12-21)26-8-6-5-7-24(26)37-29(41)34-2/h5-10,17,21,28,35H,1,11-16,18H2,2-4H3,(H,36,42)(H,38,43)(H2,34,37,41). The first-order valence-corrected chi connectivity index (χ1v) is 14.5. The third-order valence-corrected chi connectivity index (χ3v) is 7.70. The van der Waals surface area contributed by atoms with Gasteiger partial charge in [0.15, 0.2) is 11.6 Å². The van der Waals surface area contributed by atoms with Crippen LogP contribution in [0.4, 0.5) is 34.5 Å². The molecule has 14 heteroatoms. The quantitative estimate of drug-likeness (QED) is 0.189. The number of amides is 6. The van der Waals surface area contributed by atoms with Crippen LogP contribution in [0.3, 0.4) is 0 Å². The predicted octanol–water partition coefficient (Wildman–Crippen LogP) is 3.81. The normalized spacial score (nSPS) is 17.1. The van der Waals surface area contributed by atoms with E-state index in [9.17, 15) is 23.2 Å². The van der Waals surface area contributed by atoms with Crippen molar-refractivity contribution in [1.29, 1.82) is 0 Å². The fourth-order valence-electron chi connectivity index (χ4n) is 5.46. The van der Waals surface area contributed by atoms with Gasteiger partial charge in [0, 0.05) is 52.0 Å². The monoisotopic (exact) mass is 627 g/mol. The molecule has 4 rings (SSSR count). The lowest BCUT2D eigenvalue weighted by molar-refractivity contribution is 0.161. The highest BCUT2D eigenvalue weighted by molar-refractivity contribution is 5.97. The fraction of sp³-hybridized carbons (Fsp3) is 0.387. The minimum atomic E-state index is -1.16. The number of hydrogen-bond acceptors (Lipinski definition) is 7. The van der Waals surface area contributed by atoms with Crippen LogP contribution < -0.4 is 31.5 Å². The molecule has 1 unspecified atom stereocenters. The molecule has 0 bridgehead atoms. The minimum absolute atomic E-state index is 0.0437. The van der Waals surface area contributed by atoms with Gasteiger partial charge in [-0.3, -0.25) is 0 Å². The maximum atomic E-state index is 14.3. The number of benzene rings is 2. The van der Waals surface area contributed by atoms with Crippen LogP contribution in [0.1, 0.15) is 24.4 Å². The number of rotatable bonds is 11. The topological polar surface area (TPSA) is 136 Å². The van der Waals surface area contributed by atoms with E-state index in [4.69, 9.17) is 9.47 Å². The molecular weight excluding hydrogens is 588 g/mol. The zero-order valence-electron chi connectivity index (χ0n) is 25.5. The van der Waals surface area contributed by atoms with E-state index >= 15 is 0 Å². The lowest BCUT2D eigenvalue weighted by Crippen LogP contribution is -2.55. The predicted molar refractivity (Wildman–Crippen MR) is 166 cm³/mol. The van der Waals surface area contributed by atoms with Crippen LogP contribution in [-0.4, -0.2) is 83.1 Å². The molecule has 2 aliphatic rings. The van der Waals surface area contributed by atoms with Crippen LogP contribution in [0.15, 0.2) is 66.1 Å². The molecule has 5 N–H and O–H groups in total.